The second-order valence-corrected chi connectivity index (χ2v) is 13.6. The first-order chi connectivity index (χ1) is 12.5. The summed E-state index contributed by atoms with van der Waals surface area (Å²) in [5, 5.41) is 1.34. The summed E-state index contributed by atoms with van der Waals surface area (Å²) in [6.45, 7) is 6.89. The fourth-order valence-corrected chi connectivity index (χ4v) is 4.51. The van der Waals surface area contributed by atoms with E-state index < -0.39 is 14.0 Å². The molecule has 0 bridgehead atoms. The summed E-state index contributed by atoms with van der Waals surface area (Å²) in [7, 11) is -1.35. The molecule has 0 heterocycles. The van der Waals surface area contributed by atoms with Gasteiger partial charge in [0, 0.05) is 0 Å². The van der Waals surface area contributed by atoms with Crippen LogP contribution in [0.25, 0.3) is 0 Å². The van der Waals surface area contributed by atoms with E-state index in [1.54, 1.807) is 0 Å². The Kier molecular flexibility index (Phi) is 8.86. The molecule has 145 valence electrons. The van der Waals surface area contributed by atoms with Crippen LogP contribution in [0, 0.1) is 6.10 Å². The molecule has 0 amide bonds. The maximum absolute atomic E-state index is 12.3. The molecule has 26 heavy (non-hydrogen) atoms. The number of carbonyl (C=O) groups is 1. The molecule has 3 nitrogen and oxygen atoms in total. The third-order valence-electron chi connectivity index (χ3n) is 5.13. The molecule has 1 aliphatic rings. The molecule has 0 N–H and O–H groups in total. The van der Waals surface area contributed by atoms with E-state index in [1.807, 2.05) is 24.3 Å². The molecule has 2 rings (SSSR count). The van der Waals surface area contributed by atoms with Crippen LogP contribution in [-0.4, -0.2) is 14.0 Å². The molecule has 0 spiro atoms. The average Bonchev–Trinajstić information content (AvgIpc) is 2.60. The minimum Gasteiger partial charge on any atom is -0.292 e. The van der Waals surface area contributed by atoms with Crippen molar-refractivity contribution >= 4 is 19.2 Å². The van der Waals surface area contributed by atoms with E-state index in [2.05, 4.69) is 19.6 Å². The van der Waals surface area contributed by atoms with Crippen LogP contribution in [-0.2, 0) is 9.78 Å². The first kappa shape index (κ1) is 21.2. The molecule has 1 aliphatic carbocycles. The predicted molar refractivity (Wildman–Crippen MR) is 110 cm³/mol. The zero-order valence-electron chi connectivity index (χ0n) is 16.8. The highest BCUT2D eigenvalue weighted by molar-refractivity contribution is 6.88. The zero-order chi connectivity index (χ0) is 18.8. The van der Waals surface area contributed by atoms with Crippen LogP contribution in [0.15, 0.2) is 24.3 Å². The fourth-order valence-electron chi connectivity index (χ4n) is 3.34. The van der Waals surface area contributed by atoms with Crippen LogP contribution >= 0.6 is 0 Å². The standard InChI is InChI=1S/C22H35O3Si/c1-26(2,3)21-17-15-19(16-18-21)22(23)25-24-20-13-11-9-7-5-4-6-8-10-12-14-20/h15-18H,4-14H2,1-3H3. The highest BCUT2D eigenvalue weighted by Gasteiger charge is 2.19. The van der Waals surface area contributed by atoms with E-state index >= 15 is 0 Å². The largest absolute Gasteiger partial charge is 0.373 e. The molecule has 0 saturated heterocycles. The molecule has 0 aromatic heterocycles. The summed E-state index contributed by atoms with van der Waals surface area (Å²) in [6, 6.07) is 7.80. The van der Waals surface area contributed by atoms with Gasteiger partial charge >= 0.3 is 5.97 Å². The highest BCUT2D eigenvalue weighted by atomic mass is 28.3. The summed E-state index contributed by atoms with van der Waals surface area (Å²) < 4.78 is 0. The SMILES string of the molecule is C[Si](C)(C)c1ccc(C(=O)OO[C]2CCCCCCCCCCC2)cc1. The number of hydrogen-bond donors (Lipinski definition) is 0. The first-order valence-electron chi connectivity index (χ1n) is 10.3. The molecule has 4 heteroatoms. The Morgan fingerprint density at radius 2 is 1.23 bits per heavy atom. The van der Waals surface area contributed by atoms with Gasteiger partial charge in [-0.05, 0) is 25.0 Å². The van der Waals surface area contributed by atoms with Crippen molar-refractivity contribution < 1.29 is 14.6 Å². The summed E-state index contributed by atoms with van der Waals surface area (Å²) in [5.74, 6) is -0.397. The van der Waals surface area contributed by atoms with Gasteiger partial charge < -0.3 is 0 Å². The van der Waals surface area contributed by atoms with Crippen molar-refractivity contribution in [3.05, 3.63) is 35.9 Å². The van der Waals surface area contributed by atoms with Crippen molar-refractivity contribution in [3.8, 4) is 0 Å². The lowest BCUT2D eigenvalue weighted by molar-refractivity contribution is -0.237. The first-order valence-corrected chi connectivity index (χ1v) is 13.8. The molecular weight excluding hydrogens is 340 g/mol. The van der Waals surface area contributed by atoms with Crippen LogP contribution in [0.1, 0.15) is 81.0 Å². The molecule has 1 radical (unpaired) electrons. The van der Waals surface area contributed by atoms with Crippen molar-refractivity contribution in [1.29, 1.82) is 0 Å². The Bertz CT molecular complexity index is 521. The van der Waals surface area contributed by atoms with E-state index in [0.29, 0.717) is 5.56 Å². The van der Waals surface area contributed by atoms with Crippen molar-refractivity contribution in [2.45, 2.75) is 90.3 Å². The third-order valence-corrected chi connectivity index (χ3v) is 7.20. The predicted octanol–water partition coefficient (Wildman–Crippen LogP) is 6.16. The Labute approximate surface area is 160 Å². The highest BCUT2D eigenvalue weighted by Crippen LogP contribution is 2.24. The van der Waals surface area contributed by atoms with Crippen LogP contribution in [0.5, 0.6) is 0 Å². The molecule has 0 atom stereocenters. The molecule has 0 unspecified atom stereocenters. The van der Waals surface area contributed by atoms with Crippen LogP contribution < -0.4 is 5.19 Å². The second-order valence-electron chi connectivity index (χ2n) is 8.50. The van der Waals surface area contributed by atoms with Crippen molar-refractivity contribution in [2.75, 3.05) is 0 Å². The van der Waals surface area contributed by atoms with Crippen LogP contribution in [0.3, 0.4) is 0 Å². The van der Waals surface area contributed by atoms with Crippen LogP contribution in [0.2, 0.25) is 19.6 Å². The summed E-state index contributed by atoms with van der Waals surface area (Å²) in [5.41, 5.74) is 0.556. The Morgan fingerprint density at radius 3 is 1.69 bits per heavy atom. The van der Waals surface area contributed by atoms with Crippen molar-refractivity contribution in [2.24, 2.45) is 0 Å². The summed E-state index contributed by atoms with van der Waals surface area (Å²) >= 11 is 0. The lowest BCUT2D eigenvalue weighted by Gasteiger charge is -2.17. The van der Waals surface area contributed by atoms with Gasteiger partial charge in [0.2, 0.25) is 0 Å². The van der Waals surface area contributed by atoms with Gasteiger partial charge in [-0.2, -0.15) is 4.89 Å². The molecule has 1 fully saturated rings. The lowest BCUT2D eigenvalue weighted by atomic mass is 9.99. The number of rotatable bonds is 4. The van der Waals surface area contributed by atoms with Gasteiger partial charge in [-0.15, -0.1) is 0 Å². The zero-order valence-corrected chi connectivity index (χ0v) is 17.8. The average molecular weight is 376 g/mol. The molecule has 0 aliphatic heterocycles. The van der Waals surface area contributed by atoms with Gasteiger partial charge in [0.25, 0.3) is 0 Å². The smallest absolute Gasteiger partial charge is 0.292 e. The van der Waals surface area contributed by atoms with Crippen molar-refractivity contribution in [1.82, 2.24) is 0 Å². The minimum absolute atomic E-state index is 0.397. The Hall–Kier alpha value is -1.13. The Balaban J connectivity index is 1.83. The van der Waals surface area contributed by atoms with Gasteiger partial charge in [0.15, 0.2) is 0 Å². The Morgan fingerprint density at radius 1 is 0.769 bits per heavy atom. The van der Waals surface area contributed by atoms with E-state index in [4.69, 9.17) is 9.78 Å². The number of carbonyl (C=O) groups excluding carboxylic acids is 1. The van der Waals surface area contributed by atoms with Gasteiger partial charge in [-0.1, -0.05) is 94.7 Å². The van der Waals surface area contributed by atoms with E-state index in [9.17, 15) is 4.79 Å². The molecular formula is C22H35O3Si. The lowest BCUT2D eigenvalue weighted by Crippen LogP contribution is -2.37. The third kappa shape index (κ3) is 7.63. The minimum atomic E-state index is -1.35. The van der Waals surface area contributed by atoms with Gasteiger partial charge in [-0.25, -0.2) is 4.79 Å². The van der Waals surface area contributed by atoms with Crippen molar-refractivity contribution in [3.63, 3.8) is 0 Å². The number of hydrogen-bond acceptors (Lipinski definition) is 3. The summed E-state index contributed by atoms with van der Waals surface area (Å²) in [4.78, 5) is 22.9. The van der Waals surface area contributed by atoms with Crippen LogP contribution in [0.4, 0.5) is 0 Å². The van der Waals surface area contributed by atoms with E-state index in [1.165, 1.54) is 50.1 Å². The molecule has 1 aromatic carbocycles. The monoisotopic (exact) mass is 375 g/mol. The second kappa shape index (κ2) is 10.9. The quantitative estimate of drug-likeness (QED) is 0.359. The van der Waals surface area contributed by atoms with Gasteiger partial charge in [0.1, 0.15) is 6.10 Å². The fraction of sp³-hybridized carbons (Fsp3) is 0.636. The van der Waals surface area contributed by atoms with Gasteiger partial charge in [0.05, 0.1) is 13.6 Å². The topological polar surface area (TPSA) is 35.5 Å². The van der Waals surface area contributed by atoms with E-state index in [-0.39, 0.29) is 0 Å². The summed E-state index contributed by atoms with van der Waals surface area (Å²) in [6.07, 6.45) is 14.1. The maximum atomic E-state index is 12.3. The maximum Gasteiger partial charge on any atom is 0.373 e. The normalized spacial score (nSPS) is 18.6. The molecule has 1 aromatic rings. The number of benzene rings is 1. The van der Waals surface area contributed by atoms with E-state index in [0.717, 1.165) is 31.8 Å². The molecule has 1 saturated carbocycles. The van der Waals surface area contributed by atoms with Gasteiger partial charge in [-0.3, -0.25) is 4.89 Å².